The summed E-state index contributed by atoms with van der Waals surface area (Å²) in [5.74, 6) is 0.155. The topological polar surface area (TPSA) is 123 Å². The zero-order chi connectivity index (χ0) is 17.4. The minimum Gasteiger partial charge on any atom is -0.390 e. The largest absolute Gasteiger partial charge is 0.390 e. The average molecular weight is 331 g/mol. The molecule has 7 heteroatoms. The number of nitrogens with one attached hydrogen (secondary N) is 2. The van der Waals surface area contributed by atoms with E-state index in [-0.39, 0.29) is 18.2 Å². The van der Waals surface area contributed by atoms with Crippen LogP contribution >= 0.6 is 0 Å². The highest BCUT2D eigenvalue weighted by molar-refractivity contribution is 5.92. The molecular formula is C17H25N5O2. The lowest BCUT2D eigenvalue weighted by molar-refractivity contribution is -0.118. The summed E-state index contributed by atoms with van der Waals surface area (Å²) in [5.41, 5.74) is 12.5. The van der Waals surface area contributed by atoms with Crippen LogP contribution in [-0.4, -0.2) is 24.7 Å². The van der Waals surface area contributed by atoms with E-state index >= 15 is 0 Å². The zero-order valence-corrected chi connectivity index (χ0v) is 13.8. The van der Waals surface area contributed by atoms with Crippen LogP contribution in [-0.2, 0) is 9.59 Å². The highest BCUT2D eigenvalue weighted by atomic mass is 16.1. The number of benzene rings is 1. The van der Waals surface area contributed by atoms with E-state index in [0.717, 1.165) is 18.5 Å². The van der Waals surface area contributed by atoms with Gasteiger partial charge in [-0.3, -0.25) is 9.59 Å². The van der Waals surface area contributed by atoms with E-state index in [1.807, 2.05) is 0 Å². The molecule has 6 N–H and O–H groups in total. The van der Waals surface area contributed by atoms with Gasteiger partial charge in [-0.1, -0.05) is 12.8 Å². The molecule has 1 fully saturated rings. The molecule has 0 unspecified atom stereocenters. The lowest BCUT2D eigenvalue weighted by atomic mass is 10.0. The summed E-state index contributed by atoms with van der Waals surface area (Å²) in [6.45, 7) is 0.413. The Morgan fingerprint density at radius 3 is 2.71 bits per heavy atom. The lowest BCUT2D eigenvalue weighted by Crippen LogP contribution is -2.16. The molecule has 24 heavy (non-hydrogen) atoms. The zero-order valence-electron chi connectivity index (χ0n) is 13.8. The van der Waals surface area contributed by atoms with E-state index in [4.69, 9.17) is 11.5 Å². The van der Waals surface area contributed by atoms with Gasteiger partial charge in [-0.15, -0.1) is 0 Å². The van der Waals surface area contributed by atoms with Crippen molar-refractivity contribution in [3.8, 4) is 0 Å². The number of rotatable bonds is 8. The van der Waals surface area contributed by atoms with Gasteiger partial charge in [0.2, 0.25) is 11.8 Å². The Bertz CT molecular complexity index is 609. The summed E-state index contributed by atoms with van der Waals surface area (Å²) in [7, 11) is 0. The van der Waals surface area contributed by atoms with Crippen LogP contribution in [0.5, 0.6) is 0 Å². The van der Waals surface area contributed by atoms with E-state index < -0.39 is 0 Å². The summed E-state index contributed by atoms with van der Waals surface area (Å²) in [6, 6.07) is 5.35. The Labute approximate surface area is 141 Å². The van der Waals surface area contributed by atoms with Crippen LogP contribution in [0.1, 0.15) is 38.5 Å². The molecule has 1 aliphatic rings. The summed E-state index contributed by atoms with van der Waals surface area (Å²) in [5, 5.41) is 6.00. The molecular weight excluding hydrogens is 306 g/mol. The molecule has 1 aromatic carbocycles. The monoisotopic (exact) mass is 331 g/mol. The number of carbonyl (C=O) groups is 2. The number of primary amides is 1. The third-order valence-electron chi connectivity index (χ3n) is 4.13. The average Bonchev–Trinajstić information content (AvgIpc) is 3.02. The fourth-order valence-corrected chi connectivity index (χ4v) is 2.96. The maximum atomic E-state index is 12.1. The number of amides is 2. The number of aliphatic imine (C=N–C) groups is 1. The maximum Gasteiger partial charge on any atom is 0.224 e. The van der Waals surface area contributed by atoms with Gasteiger partial charge in [-0.05, 0) is 37.0 Å². The van der Waals surface area contributed by atoms with Crippen LogP contribution in [0.4, 0.5) is 17.1 Å². The minimum absolute atomic E-state index is 0.0269. The molecule has 0 aromatic heterocycles. The summed E-state index contributed by atoms with van der Waals surface area (Å²) in [6.07, 6.45) is 6.70. The second kappa shape index (κ2) is 8.90. The van der Waals surface area contributed by atoms with Crippen molar-refractivity contribution in [1.82, 2.24) is 0 Å². The molecule has 2 amide bonds. The molecule has 0 radical (unpaired) electrons. The normalized spacial score (nSPS) is 14.8. The van der Waals surface area contributed by atoms with Crippen molar-refractivity contribution in [1.29, 1.82) is 0 Å². The number of carbonyl (C=O) groups excluding carboxylic acids is 2. The van der Waals surface area contributed by atoms with E-state index in [0.29, 0.717) is 30.3 Å². The molecule has 130 valence electrons. The third-order valence-corrected chi connectivity index (χ3v) is 4.13. The first-order valence-electron chi connectivity index (χ1n) is 8.29. The van der Waals surface area contributed by atoms with Crippen molar-refractivity contribution in [2.75, 3.05) is 17.2 Å². The Balaban J connectivity index is 1.98. The van der Waals surface area contributed by atoms with Gasteiger partial charge in [0.15, 0.2) is 0 Å². The second-order valence-corrected chi connectivity index (χ2v) is 6.06. The van der Waals surface area contributed by atoms with Crippen LogP contribution in [0.25, 0.3) is 0 Å². The fourth-order valence-electron chi connectivity index (χ4n) is 2.96. The van der Waals surface area contributed by atoms with E-state index in [1.165, 1.54) is 19.2 Å². The first-order valence-corrected chi connectivity index (χ1v) is 8.29. The Morgan fingerprint density at radius 2 is 2.04 bits per heavy atom. The third kappa shape index (κ3) is 5.57. The molecule has 1 aliphatic carbocycles. The van der Waals surface area contributed by atoms with Crippen LogP contribution in [0.2, 0.25) is 0 Å². The van der Waals surface area contributed by atoms with Gasteiger partial charge in [0, 0.05) is 25.1 Å². The number of anilines is 2. The van der Waals surface area contributed by atoms with Crippen molar-refractivity contribution in [2.45, 2.75) is 38.5 Å². The molecule has 0 heterocycles. The van der Waals surface area contributed by atoms with E-state index in [9.17, 15) is 9.59 Å². The Morgan fingerprint density at radius 1 is 1.29 bits per heavy atom. The van der Waals surface area contributed by atoms with Gasteiger partial charge in [-0.2, -0.15) is 0 Å². The highest BCUT2D eigenvalue weighted by Gasteiger charge is 2.18. The minimum atomic E-state index is -0.373. The van der Waals surface area contributed by atoms with Gasteiger partial charge in [0.05, 0.1) is 17.7 Å². The molecule has 0 bridgehead atoms. The summed E-state index contributed by atoms with van der Waals surface area (Å²) in [4.78, 5) is 27.0. The summed E-state index contributed by atoms with van der Waals surface area (Å²) < 4.78 is 0. The molecule has 1 saturated carbocycles. The van der Waals surface area contributed by atoms with Crippen LogP contribution < -0.4 is 22.1 Å². The number of hydrogen-bond donors (Lipinski definition) is 4. The molecule has 0 atom stereocenters. The van der Waals surface area contributed by atoms with Gasteiger partial charge in [-0.25, -0.2) is 4.99 Å². The van der Waals surface area contributed by atoms with Gasteiger partial charge >= 0.3 is 0 Å². The predicted octanol–water partition coefficient (Wildman–Crippen LogP) is 2.11. The van der Waals surface area contributed by atoms with Crippen molar-refractivity contribution >= 4 is 35.2 Å². The van der Waals surface area contributed by atoms with Gasteiger partial charge in [0.25, 0.3) is 0 Å². The molecule has 2 rings (SSSR count). The maximum absolute atomic E-state index is 12.1. The van der Waals surface area contributed by atoms with Crippen LogP contribution in [0.3, 0.4) is 0 Å². The fraction of sp³-hybridized carbons (Fsp3) is 0.471. The summed E-state index contributed by atoms with van der Waals surface area (Å²) >= 11 is 0. The molecule has 0 aliphatic heterocycles. The van der Waals surface area contributed by atoms with Crippen LogP contribution in [0.15, 0.2) is 23.2 Å². The van der Waals surface area contributed by atoms with Crippen molar-refractivity contribution < 1.29 is 9.59 Å². The predicted molar refractivity (Wildman–Crippen MR) is 96.3 cm³/mol. The van der Waals surface area contributed by atoms with Crippen molar-refractivity contribution in [3.63, 3.8) is 0 Å². The smallest absolute Gasteiger partial charge is 0.224 e. The Kier molecular flexibility index (Phi) is 6.60. The van der Waals surface area contributed by atoms with Gasteiger partial charge < -0.3 is 22.1 Å². The highest BCUT2D eigenvalue weighted by Crippen LogP contribution is 2.30. The number of nitrogens with two attached hydrogens (primary N) is 2. The Hall–Kier alpha value is -2.57. The standard InChI is InChI=1S/C17H25N5O2/c18-11-21-15-10-13(5-6-14(15)20-8-7-16(19)23)22-17(24)9-12-3-1-2-4-12/h5-6,10-12,20H,1-4,7-9H2,(H2,18,21)(H2,19,23)(H,22,24). The van der Waals surface area contributed by atoms with E-state index in [1.54, 1.807) is 18.2 Å². The molecule has 0 spiro atoms. The molecule has 7 nitrogen and oxygen atoms in total. The molecule has 1 aromatic rings. The van der Waals surface area contributed by atoms with Gasteiger partial charge in [0.1, 0.15) is 0 Å². The van der Waals surface area contributed by atoms with Crippen molar-refractivity contribution in [2.24, 2.45) is 22.4 Å². The first kappa shape index (κ1) is 17.8. The second-order valence-electron chi connectivity index (χ2n) is 6.06. The SMILES string of the molecule is NC=Nc1cc(NC(=O)CC2CCCC2)ccc1NCCC(N)=O. The number of hydrogen-bond acceptors (Lipinski definition) is 4. The van der Waals surface area contributed by atoms with Crippen LogP contribution in [0, 0.1) is 5.92 Å². The van der Waals surface area contributed by atoms with E-state index in [2.05, 4.69) is 15.6 Å². The quantitative estimate of drug-likeness (QED) is 0.430. The molecule has 0 saturated heterocycles. The van der Waals surface area contributed by atoms with Crippen molar-refractivity contribution in [3.05, 3.63) is 18.2 Å². The lowest BCUT2D eigenvalue weighted by Gasteiger charge is -2.13. The first-order chi connectivity index (χ1) is 11.6. The number of nitrogens with zero attached hydrogens (tertiary/aromatic N) is 1.